The topological polar surface area (TPSA) is 107 Å². The first kappa shape index (κ1) is 19.9. The number of halogens is 1. The van der Waals surface area contributed by atoms with Crippen LogP contribution in [0.1, 0.15) is 5.56 Å². The molecule has 0 spiro atoms. The molecule has 0 radical (unpaired) electrons. The molecule has 166 valence electrons. The molecule has 6 aromatic rings. The zero-order valence-electron chi connectivity index (χ0n) is 17.8. The van der Waals surface area contributed by atoms with E-state index < -0.39 is 5.82 Å². The van der Waals surface area contributed by atoms with Gasteiger partial charge in [-0.05, 0) is 42.5 Å². The van der Waals surface area contributed by atoms with Crippen molar-refractivity contribution in [1.29, 1.82) is 0 Å². The summed E-state index contributed by atoms with van der Waals surface area (Å²) >= 11 is 0. The second kappa shape index (κ2) is 7.66. The van der Waals surface area contributed by atoms with Crippen molar-refractivity contribution >= 4 is 22.4 Å². The van der Waals surface area contributed by atoms with Gasteiger partial charge in [-0.1, -0.05) is 6.07 Å². The number of nitrogen functional groups attached to an aromatic ring is 1. The van der Waals surface area contributed by atoms with Crippen LogP contribution in [0.25, 0.3) is 39.1 Å². The molecule has 0 bridgehead atoms. The van der Waals surface area contributed by atoms with Crippen LogP contribution in [0.4, 0.5) is 10.2 Å². The van der Waals surface area contributed by atoms with Crippen molar-refractivity contribution in [2.24, 2.45) is 0 Å². The Morgan fingerprint density at radius 3 is 2.74 bits per heavy atom. The highest BCUT2D eigenvalue weighted by molar-refractivity contribution is 5.98. The third-order valence-corrected chi connectivity index (χ3v) is 5.73. The number of hydrogen-bond donors (Lipinski definition) is 2. The average molecular weight is 451 g/mol. The summed E-state index contributed by atoms with van der Waals surface area (Å²) in [6.45, 7) is 0.375. The maximum Gasteiger partial charge on any atom is 0.164 e. The standard InChI is InChI=1S/C25H18FN7O/c26-18-8-16(10-20(34)11-18)22-21-24(27)29-14-30-25(21)33(31-22)13-17-9-19-5-1-2-7-32(19)23(17)15-4-3-6-28-12-15/h1-12,14,34H,13H2,(H2,27,29,30). The summed E-state index contributed by atoms with van der Waals surface area (Å²) in [6.07, 6.45) is 6.94. The van der Waals surface area contributed by atoms with Gasteiger partial charge >= 0.3 is 0 Å². The number of nitrogens with zero attached hydrogens (tertiary/aromatic N) is 6. The Hall–Kier alpha value is -4.79. The van der Waals surface area contributed by atoms with Crippen LogP contribution in [0.15, 0.2) is 79.5 Å². The number of aromatic nitrogens is 6. The van der Waals surface area contributed by atoms with Crippen molar-refractivity contribution in [3.63, 3.8) is 0 Å². The molecule has 0 atom stereocenters. The number of benzene rings is 1. The molecule has 1 aromatic carbocycles. The van der Waals surface area contributed by atoms with Gasteiger partial charge in [0, 0.05) is 46.9 Å². The lowest BCUT2D eigenvalue weighted by Crippen LogP contribution is -2.04. The number of pyridine rings is 2. The number of aromatic hydroxyl groups is 1. The van der Waals surface area contributed by atoms with Crippen molar-refractivity contribution in [1.82, 2.24) is 29.1 Å². The summed E-state index contributed by atoms with van der Waals surface area (Å²) in [5.41, 5.74) is 11.5. The molecule has 0 fully saturated rings. The lowest BCUT2D eigenvalue weighted by Gasteiger charge is -2.08. The van der Waals surface area contributed by atoms with Gasteiger partial charge in [-0.3, -0.25) is 4.98 Å². The highest BCUT2D eigenvalue weighted by Gasteiger charge is 2.20. The highest BCUT2D eigenvalue weighted by atomic mass is 19.1. The van der Waals surface area contributed by atoms with E-state index in [-0.39, 0.29) is 11.6 Å². The van der Waals surface area contributed by atoms with Crippen molar-refractivity contribution in [3.8, 4) is 28.3 Å². The molecule has 0 aliphatic carbocycles. The summed E-state index contributed by atoms with van der Waals surface area (Å²) < 4.78 is 17.9. The average Bonchev–Trinajstić information content (AvgIpc) is 3.38. The molecule has 0 unspecified atom stereocenters. The zero-order valence-corrected chi connectivity index (χ0v) is 17.8. The Balaban J connectivity index is 1.57. The third kappa shape index (κ3) is 3.22. The van der Waals surface area contributed by atoms with Crippen LogP contribution in [0, 0.1) is 5.82 Å². The molecule has 0 amide bonds. The molecule has 0 saturated heterocycles. The van der Waals surface area contributed by atoms with E-state index in [4.69, 9.17) is 10.8 Å². The van der Waals surface area contributed by atoms with E-state index >= 15 is 0 Å². The van der Waals surface area contributed by atoms with Crippen molar-refractivity contribution in [2.45, 2.75) is 6.54 Å². The molecule has 6 rings (SSSR count). The minimum Gasteiger partial charge on any atom is -0.508 e. The number of hydrogen-bond acceptors (Lipinski definition) is 6. The Morgan fingerprint density at radius 1 is 1.00 bits per heavy atom. The third-order valence-electron chi connectivity index (χ3n) is 5.73. The van der Waals surface area contributed by atoms with Gasteiger partial charge in [0.1, 0.15) is 29.4 Å². The molecule has 3 N–H and O–H groups in total. The van der Waals surface area contributed by atoms with Gasteiger partial charge < -0.3 is 15.2 Å². The van der Waals surface area contributed by atoms with Crippen LogP contribution in [-0.4, -0.2) is 34.2 Å². The fraction of sp³-hybridized carbons (Fsp3) is 0.0400. The molecule has 0 saturated carbocycles. The summed E-state index contributed by atoms with van der Waals surface area (Å²) in [6, 6.07) is 15.8. The van der Waals surface area contributed by atoms with E-state index in [0.29, 0.717) is 28.8 Å². The van der Waals surface area contributed by atoms with E-state index in [2.05, 4.69) is 25.4 Å². The van der Waals surface area contributed by atoms with Crippen LogP contribution >= 0.6 is 0 Å². The van der Waals surface area contributed by atoms with Crippen LogP contribution in [0.3, 0.4) is 0 Å². The van der Waals surface area contributed by atoms with Gasteiger partial charge in [-0.25, -0.2) is 19.0 Å². The second-order valence-electron chi connectivity index (χ2n) is 7.92. The van der Waals surface area contributed by atoms with Gasteiger partial charge in [0.2, 0.25) is 0 Å². The van der Waals surface area contributed by atoms with E-state index in [1.807, 2.05) is 42.7 Å². The van der Waals surface area contributed by atoms with Crippen LogP contribution in [0.2, 0.25) is 0 Å². The van der Waals surface area contributed by atoms with Crippen molar-refractivity contribution < 1.29 is 9.50 Å². The maximum atomic E-state index is 14.1. The van der Waals surface area contributed by atoms with Gasteiger partial charge in [0.25, 0.3) is 0 Å². The Labute approximate surface area is 192 Å². The highest BCUT2D eigenvalue weighted by Crippen LogP contribution is 2.34. The Kier molecular flexibility index (Phi) is 4.48. The Morgan fingerprint density at radius 2 is 1.91 bits per heavy atom. The molecule has 9 heteroatoms. The van der Waals surface area contributed by atoms with E-state index in [1.54, 1.807) is 10.9 Å². The largest absolute Gasteiger partial charge is 0.508 e. The van der Waals surface area contributed by atoms with Crippen LogP contribution in [-0.2, 0) is 6.54 Å². The normalized spacial score (nSPS) is 11.4. The quantitative estimate of drug-likeness (QED) is 0.414. The Bertz CT molecular complexity index is 1650. The molecule has 0 aliphatic rings. The molecule has 8 nitrogen and oxygen atoms in total. The lowest BCUT2D eigenvalue weighted by atomic mass is 10.1. The monoisotopic (exact) mass is 451 g/mol. The van der Waals surface area contributed by atoms with Gasteiger partial charge in [-0.2, -0.15) is 5.10 Å². The minimum absolute atomic E-state index is 0.203. The maximum absolute atomic E-state index is 14.1. The minimum atomic E-state index is -0.578. The SMILES string of the molecule is Nc1ncnc2c1c(-c1cc(O)cc(F)c1)nn2Cc1cc2ccccn2c1-c1cccnc1. The molecule has 5 heterocycles. The number of phenols is 1. The molecule has 0 aliphatic heterocycles. The van der Waals surface area contributed by atoms with E-state index in [1.165, 1.54) is 18.5 Å². The number of fused-ring (bicyclic) bond motifs is 2. The lowest BCUT2D eigenvalue weighted by molar-refractivity contribution is 0.469. The zero-order chi connectivity index (χ0) is 23.2. The van der Waals surface area contributed by atoms with Gasteiger partial charge in [0.15, 0.2) is 5.65 Å². The van der Waals surface area contributed by atoms with Crippen molar-refractivity contribution in [3.05, 3.63) is 90.9 Å². The second-order valence-corrected chi connectivity index (χ2v) is 7.92. The van der Waals surface area contributed by atoms with E-state index in [0.717, 1.165) is 28.4 Å². The smallest absolute Gasteiger partial charge is 0.164 e. The number of anilines is 1. The van der Waals surface area contributed by atoms with Crippen LogP contribution in [0.5, 0.6) is 5.75 Å². The first-order chi connectivity index (χ1) is 16.6. The summed E-state index contributed by atoms with van der Waals surface area (Å²) in [7, 11) is 0. The van der Waals surface area contributed by atoms with Crippen molar-refractivity contribution in [2.75, 3.05) is 5.73 Å². The summed E-state index contributed by atoms with van der Waals surface area (Å²) in [5, 5.41) is 15.2. The predicted octanol–water partition coefficient (Wildman–Crippen LogP) is 4.28. The molecule has 5 aromatic heterocycles. The summed E-state index contributed by atoms with van der Waals surface area (Å²) in [5.74, 6) is -0.555. The first-order valence-electron chi connectivity index (χ1n) is 10.5. The molecular weight excluding hydrogens is 433 g/mol. The fourth-order valence-corrected chi connectivity index (χ4v) is 4.34. The van der Waals surface area contributed by atoms with Gasteiger partial charge in [-0.15, -0.1) is 0 Å². The summed E-state index contributed by atoms with van der Waals surface area (Å²) in [4.78, 5) is 12.8. The molecular formula is C25H18FN7O. The fourth-order valence-electron chi connectivity index (χ4n) is 4.34. The van der Waals surface area contributed by atoms with Crippen LogP contribution < -0.4 is 5.73 Å². The number of rotatable bonds is 4. The van der Waals surface area contributed by atoms with E-state index in [9.17, 15) is 9.50 Å². The van der Waals surface area contributed by atoms with Gasteiger partial charge in [0.05, 0.1) is 17.6 Å². The number of nitrogens with two attached hydrogens (primary N) is 1. The predicted molar refractivity (Wildman–Crippen MR) is 127 cm³/mol. The number of phenolic OH excluding ortho intramolecular Hbond substituents is 1. The molecule has 34 heavy (non-hydrogen) atoms. The first-order valence-corrected chi connectivity index (χ1v) is 10.5.